The lowest BCUT2D eigenvalue weighted by Gasteiger charge is -2.11. The average molecular weight is 281 g/mol. The van der Waals surface area contributed by atoms with Gasteiger partial charge in [0.05, 0.1) is 6.42 Å². The van der Waals surface area contributed by atoms with Gasteiger partial charge in [-0.05, 0) is 30.2 Å². The van der Waals surface area contributed by atoms with Crippen molar-refractivity contribution in [2.75, 3.05) is 0 Å². The third-order valence-electron chi connectivity index (χ3n) is 2.28. The van der Waals surface area contributed by atoms with Gasteiger partial charge < -0.3 is 4.74 Å². The summed E-state index contributed by atoms with van der Waals surface area (Å²) in [5.74, 6) is -0.975. The van der Waals surface area contributed by atoms with Crippen LogP contribution in [0.5, 0.6) is 0 Å². The number of rotatable bonds is 1. The van der Waals surface area contributed by atoms with Gasteiger partial charge in [-0.3, -0.25) is 4.79 Å². The molecule has 0 unspecified atom stereocenters. The molecule has 4 heteroatoms. The van der Waals surface area contributed by atoms with Crippen LogP contribution in [-0.4, -0.2) is 11.9 Å². The second-order valence-electron chi connectivity index (χ2n) is 3.48. The normalized spacial score (nSPS) is 18.7. The Labute approximate surface area is 101 Å². The summed E-state index contributed by atoms with van der Waals surface area (Å²) in [5, 5.41) is 0. The fourth-order valence-electron chi connectivity index (χ4n) is 1.45. The van der Waals surface area contributed by atoms with E-state index in [9.17, 15) is 9.59 Å². The standard InChI is InChI=1S/C12H9BrO3/c13-10-4-1-8(2-5-10)7-9-3-6-11(14)16-12(9)15/h1-2,4-5,7H,3,6H2/b9-7+. The molecule has 3 nitrogen and oxygen atoms in total. The van der Waals surface area contributed by atoms with Gasteiger partial charge in [0.25, 0.3) is 0 Å². The monoisotopic (exact) mass is 280 g/mol. The van der Waals surface area contributed by atoms with E-state index in [4.69, 9.17) is 0 Å². The number of halogens is 1. The van der Waals surface area contributed by atoms with E-state index in [-0.39, 0.29) is 6.42 Å². The van der Waals surface area contributed by atoms with Gasteiger partial charge >= 0.3 is 11.9 Å². The van der Waals surface area contributed by atoms with Crippen molar-refractivity contribution in [1.29, 1.82) is 0 Å². The Bertz CT molecular complexity index is 460. The number of hydrogen-bond acceptors (Lipinski definition) is 3. The van der Waals surface area contributed by atoms with Crippen molar-refractivity contribution in [3.63, 3.8) is 0 Å². The lowest BCUT2D eigenvalue weighted by Crippen LogP contribution is -2.20. The number of hydrogen-bond donors (Lipinski definition) is 0. The molecule has 1 aromatic rings. The van der Waals surface area contributed by atoms with Crippen molar-refractivity contribution in [3.05, 3.63) is 39.9 Å². The summed E-state index contributed by atoms with van der Waals surface area (Å²) in [6.07, 6.45) is 2.48. The van der Waals surface area contributed by atoms with Crippen molar-refractivity contribution in [2.45, 2.75) is 12.8 Å². The maximum Gasteiger partial charge on any atom is 0.341 e. The highest BCUT2D eigenvalue weighted by molar-refractivity contribution is 9.10. The SMILES string of the molecule is O=C1CC/C(=C\c2ccc(Br)cc2)C(=O)O1. The number of cyclic esters (lactones) is 2. The van der Waals surface area contributed by atoms with Gasteiger partial charge in [0.1, 0.15) is 0 Å². The quantitative estimate of drug-likeness (QED) is 0.451. The van der Waals surface area contributed by atoms with E-state index in [1.165, 1.54) is 0 Å². The van der Waals surface area contributed by atoms with E-state index < -0.39 is 11.9 Å². The highest BCUT2D eigenvalue weighted by Crippen LogP contribution is 2.19. The Balaban J connectivity index is 2.21. The molecule has 1 aliphatic rings. The molecule has 0 spiro atoms. The Morgan fingerprint density at radius 3 is 2.44 bits per heavy atom. The highest BCUT2D eigenvalue weighted by atomic mass is 79.9. The van der Waals surface area contributed by atoms with Crippen LogP contribution in [0, 0.1) is 0 Å². The molecule has 1 aliphatic heterocycles. The first kappa shape index (κ1) is 11.1. The Hall–Kier alpha value is -1.42. The third-order valence-corrected chi connectivity index (χ3v) is 2.81. The van der Waals surface area contributed by atoms with Crippen molar-refractivity contribution in [1.82, 2.24) is 0 Å². The van der Waals surface area contributed by atoms with Crippen LogP contribution >= 0.6 is 15.9 Å². The first-order valence-corrected chi connectivity index (χ1v) is 5.65. The van der Waals surface area contributed by atoms with Gasteiger partial charge in [-0.1, -0.05) is 28.1 Å². The lowest BCUT2D eigenvalue weighted by atomic mass is 10.0. The minimum atomic E-state index is -0.529. The summed E-state index contributed by atoms with van der Waals surface area (Å²) in [6.45, 7) is 0. The molecule has 1 fully saturated rings. The minimum absolute atomic E-state index is 0.272. The van der Waals surface area contributed by atoms with E-state index in [1.807, 2.05) is 24.3 Å². The molecule has 16 heavy (non-hydrogen) atoms. The second-order valence-corrected chi connectivity index (χ2v) is 4.40. The number of carbonyl (C=O) groups is 2. The summed E-state index contributed by atoms with van der Waals surface area (Å²) in [5.41, 5.74) is 1.46. The number of esters is 2. The highest BCUT2D eigenvalue weighted by Gasteiger charge is 2.22. The smallest absolute Gasteiger partial charge is 0.341 e. The molecule has 0 aliphatic carbocycles. The number of carbonyl (C=O) groups excluding carboxylic acids is 2. The van der Waals surface area contributed by atoms with Gasteiger partial charge in [0.2, 0.25) is 0 Å². The average Bonchev–Trinajstić information content (AvgIpc) is 2.25. The largest absolute Gasteiger partial charge is 0.390 e. The van der Waals surface area contributed by atoms with Gasteiger partial charge in [0.15, 0.2) is 0 Å². The van der Waals surface area contributed by atoms with E-state index in [0.29, 0.717) is 12.0 Å². The molecular weight excluding hydrogens is 272 g/mol. The molecule has 0 atom stereocenters. The molecule has 1 saturated heterocycles. The van der Waals surface area contributed by atoms with Crippen LogP contribution in [0.2, 0.25) is 0 Å². The lowest BCUT2D eigenvalue weighted by molar-refractivity contribution is -0.159. The second kappa shape index (κ2) is 4.61. The van der Waals surface area contributed by atoms with Crippen molar-refractivity contribution in [3.8, 4) is 0 Å². The zero-order chi connectivity index (χ0) is 11.5. The fourth-order valence-corrected chi connectivity index (χ4v) is 1.71. The van der Waals surface area contributed by atoms with Crippen molar-refractivity contribution in [2.24, 2.45) is 0 Å². The maximum atomic E-state index is 11.4. The molecule has 0 aromatic heterocycles. The van der Waals surface area contributed by atoms with E-state index in [0.717, 1.165) is 10.0 Å². The summed E-state index contributed by atoms with van der Waals surface area (Å²) in [4.78, 5) is 22.2. The van der Waals surface area contributed by atoms with E-state index >= 15 is 0 Å². The fraction of sp³-hybridized carbons (Fsp3) is 0.167. The topological polar surface area (TPSA) is 43.4 Å². The molecule has 2 rings (SSSR count). The zero-order valence-electron chi connectivity index (χ0n) is 8.40. The predicted molar refractivity (Wildman–Crippen MR) is 62.5 cm³/mol. The number of ether oxygens (including phenoxy) is 1. The molecule has 0 N–H and O–H groups in total. The van der Waals surface area contributed by atoms with Crippen LogP contribution in [0.15, 0.2) is 34.3 Å². The zero-order valence-corrected chi connectivity index (χ0v) is 9.99. The predicted octanol–water partition coefficient (Wildman–Crippen LogP) is 2.70. The molecule has 1 aromatic carbocycles. The van der Waals surface area contributed by atoms with Crippen LogP contribution in [-0.2, 0) is 14.3 Å². The van der Waals surface area contributed by atoms with Crippen LogP contribution < -0.4 is 0 Å². The van der Waals surface area contributed by atoms with E-state index in [2.05, 4.69) is 20.7 Å². The first-order valence-electron chi connectivity index (χ1n) is 4.86. The van der Waals surface area contributed by atoms with Gasteiger partial charge in [-0.2, -0.15) is 0 Å². The molecule has 82 valence electrons. The minimum Gasteiger partial charge on any atom is -0.390 e. The van der Waals surface area contributed by atoms with Crippen LogP contribution in [0.3, 0.4) is 0 Å². The summed E-state index contributed by atoms with van der Waals surface area (Å²) < 4.78 is 5.52. The van der Waals surface area contributed by atoms with Crippen molar-refractivity contribution < 1.29 is 14.3 Å². The van der Waals surface area contributed by atoms with Crippen LogP contribution in [0.1, 0.15) is 18.4 Å². The summed E-state index contributed by atoms with van der Waals surface area (Å²) >= 11 is 3.33. The first-order chi connectivity index (χ1) is 7.65. The number of benzene rings is 1. The van der Waals surface area contributed by atoms with Gasteiger partial charge in [-0.15, -0.1) is 0 Å². The molecular formula is C12H9BrO3. The Morgan fingerprint density at radius 2 is 1.81 bits per heavy atom. The van der Waals surface area contributed by atoms with Crippen LogP contribution in [0.25, 0.3) is 6.08 Å². The Morgan fingerprint density at radius 1 is 1.12 bits per heavy atom. The Kier molecular flexibility index (Phi) is 3.19. The molecule has 0 radical (unpaired) electrons. The maximum absolute atomic E-state index is 11.4. The molecule has 0 amide bonds. The molecule has 1 heterocycles. The van der Waals surface area contributed by atoms with E-state index in [1.54, 1.807) is 6.08 Å². The van der Waals surface area contributed by atoms with Gasteiger partial charge in [-0.25, -0.2) is 4.79 Å². The van der Waals surface area contributed by atoms with Gasteiger partial charge in [0, 0.05) is 10.0 Å². The molecule has 0 bridgehead atoms. The molecule has 0 saturated carbocycles. The third kappa shape index (κ3) is 2.58. The van der Waals surface area contributed by atoms with Crippen molar-refractivity contribution >= 4 is 33.9 Å². The van der Waals surface area contributed by atoms with Crippen LogP contribution in [0.4, 0.5) is 0 Å². The summed E-state index contributed by atoms with van der Waals surface area (Å²) in [6, 6.07) is 7.57. The summed E-state index contributed by atoms with van der Waals surface area (Å²) in [7, 11) is 0.